The zero-order valence-electron chi connectivity index (χ0n) is 14.3. The lowest BCUT2D eigenvalue weighted by atomic mass is 10.0. The van der Waals surface area contributed by atoms with Crippen molar-refractivity contribution >= 4 is 5.69 Å². The summed E-state index contributed by atoms with van der Waals surface area (Å²) in [5.41, 5.74) is 8.93. The van der Waals surface area contributed by atoms with Crippen LogP contribution in [-0.4, -0.2) is 13.2 Å². The molecule has 0 aliphatic carbocycles. The zero-order chi connectivity index (χ0) is 16.7. The Morgan fingerprint density at radius 3 is 2.43 bits per heavy atom. The molecule has 0 amide bonds. The number of nitrogen functional groups attached to an aromatic ring is 1. The molecule has 0 spiro atoms. The first-order valence-electron chi connectivity index (χ1n) is 8.28. The molecule has 2 aromatic rings. The van der Waals surface area contributed by atoms with Gasteiger partial charge in [-0.2, -0.15) is 0 Å². The lowest BCUT2D eigenvalue weighted by Crippen LogP contribution is -2.04. The first-order valence-corrected chi connectivity index (χ1v) is 8.28. The van der Waals surface area contributed by atoms with Crippen LogP contribution >= 0.6 is 0 Å². The van der Waals surface area contributed by atoms with Gasteiger partial charge in [0.05, 0.1) is 13.2 Å². The van der Waals surface area contributed by atoms with Crippen molar-refractivity contribution in [3.63, 3.8) is 0 Å². The highest BCUT2D eigenvalue weighted by molar-refractivity contribution is 5.47. The first kappa shape index (κ1) is 17.2. The first-order chi connectivity index (χ1) is 11.1. The summed E-state index contributed by atoms with van der Waals surface area (Å²) in [6.45, 7) is 7.80. The maximum Gasteiger partial charge on any atom is 0.124 e. The molecule has 2 N–H and O–H groups in total. The molecule has 0 aliphatic heterocycles. The lowest BCUT2D eigenvalue weighted by Gasteiger charge is -2.11. The van der Waals surface area contributed by atoms with Crippen LogP contribution in [0.15, 0.2) is 42.5 Å². The minimum atomic E-state index is 0.522. The van der Waals surface area contributed by atoms with Gasteiger partial charge in [-0.25, -0.2) is 0 Å². The fourth-order valence-corrected chi connectivity index (χ4v) is 2.31. The lowest BCUT2D eigenvalue weighted by molar-refractivity contribution is 0.265. The Labute approximate surface area is 139 Å². The standard InChI is InChI=1S/C20H27NO2/c1-15(2)17-7-6-8-19(13-17)22-11-4-5-12-23-20-14-18(21)10-9-16(20)3/h6-10,13-15H,4-5,11-12,21H2,1-3H3. The summed E-state index contributed by atoms with van der Waals surface area (Å²) in [5.74, 6) is 2.34. The predicted octanol–water partition coefficient (Wildman–Crippen LogP) is 4.94. The fourth-order valence-electron chi connectivity index (χ4n) is 2.31. The normalized spacial score (nSPS) is 10.8. The summed E-state index contributed by atoms with van der Waals surface area (Å²) in [5, 5.41) is 0. The molecule has 0 bridgehead atoms. The maximum atomic E-state index is 5.82. The Morgan fingerprint density at radius 1 is 0.957 bits per heavy atom. The molecule has 2 rings (SSSR count). The summed E-state index contributed by atoms with van der Waals surface area (Å²) in [6, 6.07) is 14.1. The van der Waals surface area contributed by atoms with Crippen molar-refractivity contribution in [1.82, 2.24) is 0 Å². The number of hydrogen-bond donors (Lipinski definition) is 1. The SMILES string of the molecule is Cc1ccc(N)cc1OCCCCOc1cccc(C(C)C)c1. The van der Waals surface area contributed by atoms with Gasteiger partial charge in [-0.05, 0) is 55.0 Å². The Bertz CT molecular complexity index is 623. The van der Waals surface area contributed by atoms with E-state index in [0.29, 0.717) is 19.1 Å². The van der Waals surface area contributed by atoms with Crippen molar-refractivity contribution in [1.29, 1.82) is 0 Å². The Balaban J connectivity index is 1.68. The summed E-state index contributed by atoms with van der Waals surface area (Å²) in [6.07, 6.45) is 1.92. The van der Waals surface area contributed by atoms with Gasteiger partial charge in [0.15, 0.2) is 0 Å². The second kappa shape index (κ2) is 8.47. The molecule has 0 radical (unpaired) electrons. The van der Waals surface area contributed by atoms with Crippen molar-refractivity contribution in [3.05, 3.63) is 53.6 Å². The third kappa shape index (κ3) is 5.51. The molecule has 3 heteroatoms. The van der Waals surface area contributed by atoms with Crippen LogP contribution in [0.25, 0.3) is 0 Å². The molecule has 0 saturated heterocycles. The minimum absolute atomic E-state index is 0.522. The van der Waals surface area contributed by atoms with Gasteiger partial charge < -0.3 is 15.2 Å². The van der Waals surface area contributed by atoms with Gasteiger partial charge in [-0.15, -0.1) is 0 Å². The van der Waals surface area contributed by atoms with Crippen molar-refractivity contribution in [3.8, 4) is 11.5 Å². The Kier molecular flexibility index (Phi) is 6.33. The second-order valence-electron chi connectivity index (χ2n) is 6.16. The van der Waals surface area contributed by atoms with E-state index in [2.05, 4.69) is 32.0 Å². The molecule has 0 aliphatic rings. The fraction of sp³-hybridized carbons (Fsp3) is 0.400. The van der Waals surface area contributed by atoms with Crippen LogP contribution in [0.5, 0.6) is 11.5 Å². The van der Waals surface area contributed by atoms with Gasteiger partial charge in [-0.3, -0.25) is 0 Å². The van der Waals surface area contributed by atoms with Crippen molar-refractivity contribution in [2.24, 2.45) is 0 Å². The molecule has 124 valence electrons. The minimum Gasteiger partial charge on any atom is -0.494 e. The highest BCUT2D eigenvalue weighted by atomic mass is 16.5. The van der Waals surface area contributed by atoms with E-state index in [1.165, 1.54) is 5.56 Å². The molecule has 0 aromatic heterocycles. The molecular formula is C20H27NO2. The van der Waals surface area contributed by atoms with E-state index < -0.39 is 0 Å². The third-order valence-corrected chi connectivity index (χ3v) is 3.80. The summed E-state index contributed by atoms with van der Waals surface area (Å²) < 4.78 is 11.6. The van der Waals surface area contributed by atoms with E-state index >= 15 is 0 Å². The highest BCUT2D eigenvalue weighted by Gasteiger charge is 2.02. The summed E-state index contributed by atoms with van der Waals surface area (Å²) in [4.78, 5) is 0. The van der Waals surface area contributed by atoms with Crippen molar-refractivity contribution in [2.45, 2.75) is 39.5 Å². The number of unbranched alkanes of at least 4 members (excludes halogenated alkanes) is 1. The quantitative estimate of drug-likeness (QED) is 0.554. The topological polar surface area (TPSA) is 44.5 Å². The van der Waals surface area contributed by atoms with Gasteiger partial charge in [0, 0.05) is 11.8 Å². The predicted molar refractivity (Wildman–Crippen MR) is 96.3 cm³/mol. The molecule has 0 fully saturated rings. The summed E-state index contributed by atoms with van der Waals surface area (Å²) in [7, 11) is 0. The number of anilines is 1. The number of aryl methyl sites for hydroxylation is 1. The van der Waals surface area contributed by atoms with E-state index in [4.69, 9.17) is 15.2 Å². The van der Waals surface area contributed by atoms with Gasteiger partial charge in [0.2, 0.25) is 0 Å². The third-order valence-electron chi connectivity index (χ3n) is 3.80. The second-order valence-corrected chi connectivity index (χ2v) is 6.16. The number of rotatable bonds is 8. The van der Waals surface area contributed by atoms with Crippen LogP contribution < -0.4 is 15.2 Å². The molecule has 23 heavy (non-hydrogen) atoms. The number of nitrogens with two attached hydrogens (primary N) is 1. The van der Waals surface area contributed by atoms with E-state index in [1.807, 2.05) is 31.2 Å². The Hall–Kier alpha value is -2.16. The van der Waals surface area contributed by atoms with Crippen LogP contribution in [0.2, 0.25) is 0 Å². The average Bonchev–Trinajstić information content (AvgIpc) is 2.54. The zero-order valence-corrected chi connectivity index (χ0v) is 14.3. The molecular weight excluding hydrogens is 286 g/mol. The number of benzene rings is 2. The largest absolute Gasteiger partial charge is 0.494 e. The van der Waals surface area contributed by atoms with Crippen molar-refractivity contribution in [2.75, 3.05) is 18.9 Å². The van der Waals surface area contributed by atoms with Crippen LogP contribution in [0.1, 0.15) is 43.7 Å². The monoisotopic (exact) mass is 313 g/mol. The van der Waals surface area contributed by atoms with E-state index in [1.54, 1.807) is 0 Å². The number of hydrogen-bond acceptors (Lipinski definition) is 3. The van der Waals surface area contributed by atoms with Crippen LogP contribution in [-0.2, 0) is 0 Å². The Morgan fingerprint density at radius 2 is 1.70 bits per heavy atom. The molecule has 0 atom stereocenters. The van der Waals surface area contributed by atoms with Gasteiger partial charge in [0.25, 0.3) is 0 Å². The summed E-state index contributed by atoms with van der Waals surface area (Å²) >= 11 is 0. The van der Waals surface area contributed by atoms with E-state index in [0.717, 1.165) is 35.6 Å². The molecule has 0 unspecified atom stereocenters. The number of ether oxygens (including phenoxy) is 2. The maximum absolute atomic E-state index is 5.82. The van der Waals surface area contributed by atoms with Crippen LogP contribution in [0, 0.1) is 6.92 Å². The van der Waals surface area contributed by atoms with E-state index in [9.17, 15) is 0 Å². The molecule has 3 nitrogen and oxygen atoms in total. The van der Waals surface area contributed by atoms with Gasteiger partial charge in [0.1, 0.15) is 11.5 Å². The molecule has 0 saturated carbocycles. The van der Waals surface area contributed by atoms with Gasteiger partial charge in [-0.1, -0.05) is 32.0 Å². The smallest absolute Gasteiger partial charge is 0.124 e. The van der Waals surface area contributed by atoms with Crippen molar-refractivity contribution < 1.29 is 9.47 Å². The van der Waals surface area contributed by atoms with E-state index in [-0.39, 0.29) is 0 Å². The highest BCUT2D eigenvalue weighted by Crippen LogP contribution is 2.22. The average molecular weight is 313 g/mol. The molecule has 0 heterocycles. The van der Waals surface area contributed by atoms with Crippen LogP contribution in [0.4, 0.5) is 5.69 Å². The van der Waals surface area contributed by atoms with Crippen LogP contribution in [0.3, 0.4) is 0 Å². The van der Waals surface area contributed by atoms with Gasteiger partial charge >= 0.3 is 0 Å². The molecule has 2 aromatic carbocycles.